The minimum absolute atomic E-state index is 0.153. The molecule has 0 aromatic carbocycles. The van der Waals surface area contributed by atoms with Crippen molar-refractivity contribution in [1.29, 1.82) is 0 Å². The second-order valence-corrected chi connectivity index (χ2v) is 6.76. The van der Waals surface area contributed by atoms with E-state index in [1.807, 2.05) is 0 Å². The summed E-state index contributed by atoms with van der Waals surface area (Å²) in [5.41, 5.74) is 0.153. The summed E-state index contributed by atoms with van der Waals surface area (Å²) in [6.07, 6.45) is 2.12. The van der Waals surface area contributed by atoms with Gasteiger partial charge in [0.25, 0.3) is 0 Å². The van der Waals surface area contributed by atoms with E-state index in [4.69, 9.17) is 0 Å². The van der Waals surface area contributed by atoms with Crippen molar-refractivity contribution in [1.82, 2.24) is 4.31 Å². The molecule has 0 radical (unpaired) electrons. The average Bonchev–Trinajstić information content (AvgIpc) is 2.03. The lowest BCUT2D eigenvalue weighted by atomic mass is 9.85. The van der Waals surface area contributed by atoms with Gasteiger partial charge in [0.1, 0.15) is 0 Å². The first-order valence-corrected chi connectivity index (χ1v) is 6.46. The molecule has 0 spiro atoms. The van der Waals surface area contributed by atoms with Crippen molar-refractivity contribution in [2.45, 2.75) is 33.6 Å². The van der Waals surface area contributed by atoms with E-state index in [2.05, 4.69) is 13.8 Å². The highest BCUT2D eigenvalue weighted by Gasteiger charge is 2.31. The van der Waals surface area contributed by atoms with E-state index in [1.54, 1.807) is 11.2 Å². The first kappa shape index (κ1) is 11.0. The van der Waals surface area contributed by atoms with Crippen LogP contribution in [-0.2, 0) is 10.0 Å². The topological polar surface area (TPSA) is 37.4 Å². The van der Waals surface area contributed by atoms with E-state index in [9.17, 15) is 8.42 Å². The summed E-state index contributed by atoms with van der Waals surface area (Å²) >= 11 is 0. The van der Waals surface area contributed by atoms with Crippen molar-refractivity contribution in [3.05, 3.63) is 0 Å². The summed E-state index contributed by atoms with van der Waals surface area (Å²) in [6, 6.07) is 0. The molecule has 3 nitrogen and oxygen atoms in total. The smallest absolute Gasteiger partial charge is 0.212 e. The van der Waals surface area contributed by atoms with Gasteiger partial charge in [-0.3, -0.25) is 0 Å². The molecule has 78 valence electrons. The van der Waals surface area contributed by atoms with E-state index in [0.717, 1.165) is 12.8 Å². The molecule has 1 saturated heterocycles. The lowest BCUT2D eigenvalue weighted by Gasteiger charge is -2.36. The third kappa shape index (κ3) is 2.68. The van der Waals surface area contributed by atoms with Crippen molar-refractivity contribution in [2.75, 3.05) is 18.8 Å². The first-order chi connectivity index (χ1) is 5.87. The van der Waals surface area contributed by atoms with Crippen molar-refractivity contribution >= 4 is 10.0 Å². The van der Waals surface area contributed by atoms with Gasteiger partial charge >= 0.3 is 0 Å². The normalized spacial score (nSPS) is 24.5. The lowest BCUT2D eigenvalue weighted by Crippen LogP contribution is -2.44. The predicted octanol–water partition coefficient (Wildman–Crippen LogP) is 1.46. The summed E-state index contributed by atoms with van der Waals surface area (Å²) in [5, 5.41) is 0. The standard InChI is InChI=1S/C9H19NO2S/c1-4-13(11,12)10-7-5-6-9(2,3)8-10/h4-8H2,1-3H3. The van der Waals surface area contributed by atoms with Crippen LogP contribution in [0.1, 0.15) is 33.6 Å². The molecule has 1 rings (SSSR count). The summed E-state index contributed by atoms with van der Waals surface area (Å²) in [6.45, 7) is 7.36. The molecule has 1 heterocycles. The van der Waals surface area contributed by atoms with E-state index >= 15 is 0 Å². The molecule has 0 aromatic heterocycles. The minimum Gasteiger partial charge on any atom is -0.212 e. The molecule has 0 atom stereocenters. The van der Waals surface area contributed by atoms with Gasteiger partial charge in [0.2, 0.25) is 10.0 Å². The highest BCUT2D eigenvalue weighted by atomic mass is 32.2. The maximum atomic E-state index is 11.6. The molecule has 13 heavy (non-hydrogen) atoms. The molecule has 1 fully saturated rings. The van der Waals surface area contributed by atoms with Crippen LogP contribution in [0.15, 0.2) is 0 Å². The van der Waals surface area contributed by atoms with Crippen LogP contribution < -0.4 is 0 Å². The first-order valence-electron chi connectivity index (χ1n) is 4.85. The molecule has 1 aliphatic heterocycles. The van der Waals surface area contributed by atoms with Crippen LogP contribution in [0.3, 0.4) is 0 Å². The Labute approximate surface area is 81.2 Å². The molecule has 0 aromatic rings. The maximum Gasteiger partial charge on any atom is 0.213 e. The fourth-order valence-electron chi connectivity index (χ4n) is 1.79. The zero-order chi connectivity index (χ0) is 10.1. The van der Waals surface area contributed by atoms with Crippen molar-refractivity contribution in [3.8, 4) is 0 Å². The van der Waals surface area contributed by atoms with Gasteiger partial charge in [0.15, 0.2) is 0 Å². The Morgan fingerprint density at radius 2 is 2.00 bits per heavy atom. The molecule has 4 heteroatoms. The molecule has 0 saturated carbocycles. The van der Waals surface area contributed by atoms with E-state index < -0.39 is 10.0 Å². The molecular formula is C9H19NO2S. The molecule has 0 bridgehead atoms. The predicted molar refractivity (Wildman–Crippen MR) is 54.0 cm³/mol. The molecule has 0 N–H and O–H groups in total. The van der Waals surface area contributed by atoms with Gasteiger partial charge in [-0.1, -0.05) is 13.8 Å². The number of sulfonamides is 1. The summed E-state index contributed by atoms with van der Waals surface area (Å²) in [7, 11) is -2.96. The fraction of sp³-hybridized carbons (Fsp3) is 1.00. The average molecular weight is 205 g/mol. The van der Waals surface area contributed by atoms with Crippen LogP contribution in [0.25, 0.3) is 0 Å². The van der Waals surface area contributed by atoms with E-state index in [1.165, 1.54) is 0 Å². The summed E-state index contributed by atoms with van der Waals surface area (Å²) in [4.78, 5) is 0. The Bertz CT molecular complexity index is 269. The molecule has 1 aliphatic rings. The Morgan fingerprint density at radius 3 is 2.46 bits per heavy atom. The van der Waals surface area contributed by atoms with Crippen molar-refractivity contribution in [2.24, 2.45) is 5.41 Å². The highest BCUT2D eigenvalue weighted by Crippen LogP contribution is 2.29. The lowest BCUT2D eigenvalue weighted by molar-refractivity contribution is 0.187. The van der Waals surface area contributed by atoms with Gasteiger partial charge < -0.3 is 0 Å². The van der Waals surface area contributed by atoms with Crippen molar-refractivity contribution < 1.29 is 8.42 Å². The maximum absolute atomic E-state index is 11.6. The van der Waals surface area contributed by atoms with Crippen LogP contribution in [0.2, 0.25) is 0 Å². The molecule has 0 aliphatic carbocycles. The van der Waals surface area contributed by atoms with Crippen LogP contribution in [0.5, 0.6) is 0 Å². The van der Waals surface area contributed by atoms with Crippen molar-refractivity contribution in [3.63, 3.8) is 0 Å². The molecular weight excluding hydrogens is 186 g/mol. The number of piperidine rings is 1. The molecule has 0 amide bonds. The van der Waals surface area contributed by atoms with Gasteiger partial charge in [-0.15, -0.1) is 0 Å². The van der Waals surface area contributed by atoms with Gasteiger partial charge in [-0.25, -0.2) is 12.7 Å². The third-order valence-electron chi connectivity index (χ3n) is 2.62. The Balaban J connectivity index is 2.73. The van der Waals surface area contributed by atoms with E-state index in [-0.39, 0.29) is 11.2 Å². The summed E-state index contributed by atoms with van der Waals surface area (Å²) in [5.74, 6) is 0.225. The van der Waals surface area contributed by atoms with Crippen LogP contribution in [0.4, 0.5) is 0 Å². The second kappa shape index (κ2) is 3.58. The zero-order valence-electron chi connectivity index (χ0n) is 8.71. The number of nitrogens with zero attached hydrogens (tertiary/aromatic N) is 1. The zero-order valence-corrected chi connectivity index (χ0v) is 9.52. The van der Waals surface area contributed by atoms with Gasteiger partial charge in [-0.2, -0.15) is 0 Å². The van der Waals surface area contributed by atoms with Gasteiger partial charge in [0.05, 0.1) is 5.75 Å². The fourth-order valence-corrected chi connectivity index (χ4v) is 3.11. The number of hydrogen-bond donors (Lipinski definition) is 0. The number of hydrogen-bond acceptors (Lipinski definition) is 2. The molecule has 0 unspecified atom stereocenters. The van der Waals surface area contributed by atoms with Crippen LogP contribution in [-0.4, -0.2) is 31.6 Å². The number of rotatable bonds is 2. The SMILES string of the molecule is CCS(=O)(=O)N1CCCC(C)(C)C1. The minimum atomic E-state index is -2.96. The third-order valence-corrected chi connectivity index (χ3v) is 4.45. The van der Waals surface area contributed by atoms with Gasteiger partial charge in [-0.05, 0) is 25.2 Å². The summed E-state index contributed by atoms with van der Waals surface area (Å²) < 4.78 is 24.8. The van der Waals surface area contributed by atoms with Crippen LogP contribution in [0, 0.1) is 5.41 Å². The van der Waals surface area contributed by atoms with Gasteiger partial charge in [0, 0.05) is 13.1 Å². The largest absolute Gasteiger partial charge is 0.213 e. The van der Waals surface area contributed by atoms with E-state index in [0.29, 0.717) is 13.1 Å². The monoisotopic (exact) mass is 205 g/mol. The Morgan fingerprint density at radius 1 is 1.38 bits per heavy atom. The highest BCUT2D eigenvalue weighted by molar-refractivity contribution is 7.89. The Hall–Kier alpha value is -0.0900. The quantitative estimate of drug-likeness (QED) is 0.684. The van der Waals surface area contributed by atoms with Crippen LogP contribution >= 0.6 is 0 Å². The second-order valence-electron chi connectivity index (χ2n) is 4.50. The Kier molecular flexibility index (Phi) is 3.02.